The molecular weight excluding hydrogens is 469 g/mol. The summed E-state index contributed by atoms with van der Waals surface area (Å²) in [5, 5.41) is 7.14. The molecule has 37 heavy (non-hydrogen) atoms. The first-order valence-corrected chi connectivity index (χ1v) is 13.4. The number of halogens is 1. The summed E-state index contributed by atoms with van der Waals surface area (Å²) in [6.07, 6.45) is 4.24. The van der Waals surface area contributed by atoms with Gasteiger partial charge in [-0.3, -0.25) is 14.6 Å². The zero-order chi connectivity index (χ0) is 25.6. The van der Waals surface area contributed by atoms with Crippen LogP contribution in [0.15, 0.2) is 53.1 Å². The molecule has 1 N–H and O–H groups in total. The molecular formula is C29H36FN5O2. The van der Waals surface area contributed by atoms with E-state index in [1.54, 1.807) is 12.1 Å². The van der Waals surface area contributed by atoms with Crippen molar-refractivity contribution >= 4 is 5.91 Å². The molecule has 2 aliphatic rings. The highest BCUT2D eigenvalue weighted by Gasteiger charge is 2.26. The molecule has 2 fully saturated rings. The summed E-state index contributed by atoms with van der Waals surface area (Å²) in [5.41, 5.74) is 3.19. The molecule has 1 atom stereocenters. The zero-order valence-electron chi connectivity index (χ0n) is 21.5. The van der Waals surface area contributed by atoms with Gasteiger partial charge in [0, 0.05) is 31.1 Å². The smallest absolute Gasteiger partial charge is 0.241 e. The molecule has 2 saturated heterocycles. The van der Waals surface area contributed by atoms with Crippen LogP contribution < -0.4 is 5.32 Å². The molecule has 0 aliphatic carbocycles. The Labute approximate surface area is 218 Å². The van der Waals surface area contributed by atoms with Crippen molar-refractivity contribution in [3.63, 3.8) is 0 Å². The first-order valence-electron chi connectivity index (χ1n) is 13.4. The van der Waals surface area contributed by atoms with Gasteiger partial charge in [0.05, 0.1) is 6.54 Å². The highest BCUT2D eigenvalue weighted by atomic mass is 19.1. The third-order valence-corrected chi connectivity index (χ3v) is 7.52. The number of nitrogens with zero attached hydrogens (tertiary/aromatic N) is 4. The van der Waals surface area contributed by atoms with Crippen molar-refractivity contribution in [2.45, 2.75) is 52.2 Å². The van der Waals surface area contributed by atoms with Crippen LogP contribution in [0.1, 0.15) is 49.6 Å². The molecule has 7 nitrogen and oxygen atoms in total. The molecule has 8 heteroatoms. The number of hydrogen-bond donors (Lipinski definition) is 1. The van der Waals surface area contributed by atoms with E-state index in [2.05, 4.69) is 56.4 Å². The largest absolute Gasteiger partial charge is 0.352 e. The predicted octanol–water partition coefficient (Wildman–Crippen LogP) is 4.64. The lowest BCUT2D eigenvalue weighted by Gasteiger charge is -2.30. The molecule has 5 rings (SSSR count). The number of nitrogens with one attached hydrogen (secondary N) is 1. The average Bonchev–Trinajstić information content (AvgIpc) is 3.37. The molecule has 0 bridgehead atoms. The number of rotatable bonds is 8. The van der Waals surface area contributed by atoms with E-state index >= 15 is 0 Å². The fourth-order valence-electron chi connectivity index (χ4n) is 5.36. The van der Waals surface area contributed by atoms with Gasteiger partial charge in [-0.05, 0) is 86.6 Å². The van der Waals surface area contributed by atoms with Crippen LogP contribution in [-0.4, -0.2) is 52.0 Å². The fourth-order valence-corrected chi connectivity index (χ4v) is 5.36. The van der Waals surface area contributed by atoms with E-state index in [1.807, 2.05) is 0 Å². The minimum atomic E-state index is -0.296. The second-order valence-corrected chi connectivity index (χ2v) is 10.6. The van der Waals surface area contributed by atoms with Crippen molar-refractivity contribution in [3.05, 3.63) is 71.4 Å². The fraction of sp³-hybridized carbons (Fsp3) is 0.483. The Morgan fingerprint density at radius 2 is 1.70 bits per heavy atom. The van der Waals surface area contributed by atoms with Crippen molar-refractivity contribution in [2.75, 3.05) is 26.2 Å². The number of carbonyl (C=O) groups is 1. The zero-order valence-corrected chi connectivity index (χ0v) is 21.5. The maximum absolute atomic E-state index is 13.1. The van der Waals surface area contributed by atoms with E-state index in [9.17, 15) is 9.18 Å². The van der Waals surface area contributed by atoms with Gasteiger partial charge in [-0.25, -0.2) is 4.39 Å². The number of likely N-dealkylation sites (tertiary alicyclic amines) is 2. The first kappa shape index (κ1) is 25.5. The maximum Gasteiger partial charge on any atom is 0.241 e. The summed E-state index contributed by atoms with van der Waals surface area (Å²) in [5.74, 6) is 1.63. The molecule has 3 aromatic rings. The van der Waals surface area contributed by atoms with E-state index < -0.39 is 0 Å². The van der Waals surface area contributed by atoms with Crippen LogP contribution in [0.2, 0.25) is 0 Å². The van der Waals surface area contributed by atoms with Crippen LogP contribution in [0.4, 0.5) is 4.39 Å². The quantitative estimate of drug-likeness (QED) is 0.481. The Kier molecular flexibility index (Phi) is 8.26. The molecule has 2 aliphatic heterocycles. The summed E-state index contributed by atoms with van der Waals surface area (Å²) >= 11 is 0. The highest BCUT2D eigenvalue weighted by molar-refractivity contribution is 5.78. The van der Waals surface area contributed by atoms with Crippen molar-refractivity contribution in [3.8, 4) is 11.4 Å². The van der Waals surface area contributed by atoms with Gasteiger partial charge in [0.25, 0.3) is 0 Å². The van der Waals surface area contributed by atoms with Gasteiger partial charge in [-0.1, -0.05) is 36.3 Å². The van der Waals surface area contributed by atoms with Crippen molar-refractivity contribution in [2.24, 2.45) is 11.8 Å². The van der Waals surface area contributed by atoms with E-state index in [4.69, 9.17) is 4.52 Å². The second kappa shape index (κ2) is 12.0. The summed E-state index contributed by atoms with van der Waals surface area (Å²) in [7, 11) is 0. The van der Waals surface area contributed by atoms with Crippen LogP contribution >= 0.6 is 0 Å². The predicted molar refractivity (Wildman–Crippen MR) is 140 cm³/mol. The van der Waals surface area contributed by atoms with Gasteiger partial charge >= 0.3 is 0 Å². The van der Waals surface area contributed by atoms with Gasteiger partial charge in [0.1, 0.15) is 5.82 Å². The minimum absolute atomic E-state index is 0.0223. The SMILES string of the molecule is CC1CCCN(Cc2ccc(CNC(=O)C3CCN(Cc4nc(-c5ccc(F)cc5)no4)CC3)cc2)C1. The third kappa shape index (κ3) is 7.02. The molecule has 1 amide bonds. The van der Waals surface area contributed by atoms with Crippen molar-refractivity contribution in [1.29, 1.82) is 0 Å². The monoisotopic (exact) mass is 505 g/mol. The summed E-state index contributed by atoms with van der Waals surface area (Å²) < 4.78 is 18.5. The van der Waals surface area contributed by atoms with Gasteiger partial charge < -0.3 is 9.84 Å². The molecule has 2 aromatic carbocycles. The topological polar surface area (TPSA) is 74.5 Å². The molecule has 0 spiro atoms. The van der Waals surface area contributed by atoms with Crippen molar-refractivity contribution in [1.82, 2.24) is 25.3 Å². The van der Waals surface area contributed by atoms with Crippen LogP contribution in [-0.2, 0) is 24.4 Å². The molecule has 196 valence electrons. The van der Waals surface area contributed by atoms with Gasteiger partial charge in [0.15, 0.2) is 0 Å². The lowest BCUT2D eigenvalue weighted by Crippen LogP contribution is -2.40. The Balaban J connectivity index is 1.03. The van der Waals surface area contributed by atoms with E-state index in [0.29, 0.717) is 24.8 Å². The highest BCUT2D eigenvalue weighted by Crippen LogP contribution is 2.22. The third-order valence-electron chi connectivity index (χ3n) is 7.52. The molecule has 1 aromatic heterocycles. The number of piperidine rings is 2. The van der Waals surface area contributed by atoms with Crippen LogP contribution in [0.25, 0.3) is 11.4 Å². The summed E-state index contributed by atoms with van der Waals surface area (Å²) in [6.45, 7) is 8.43. The maximum atomic E-state index is 13.1. The number of aromatic nitrogens is 2. The summed E-state index contributed by atoms with van der Waals surface area (Å²) in [6, 6.07) is 14.7. The summed E-state index contributed by atoms with van der Waals surface area (Å²) in [4.78, 5) is 22.0. The molecule has 0 saturated carbocycles. The Hall–Kier alpha value is -3.10. The lowest BCUT2D eigenvalue weighted by molar-refractivity contribution is -0.126. The van der Waals surface area contributed by atoms with Crippen LogP contribution in [0.5, 0.6) is 0 Å². The van der Waals surface area contributed by atoms with E-state index in [0.717, 1.165) is 49.5 Å². The van der Waals surface area contributed by atoms with E-state index in [-0.39, 0.29) is 17.6 Å². The standard InChI is InChI=1S/C29H36FN5O2/c1-21-3-2-14-35(18-21)19-23-6-4-22(5-7-23)17-31-29(36)25-12-15-34(16-13-25)20-27-32-28(33-37-27)24-8-10-26(30)11-9-24/h4-11,21,25H,2-3,12-20H2,1H3,(H,31,36). The number of hydrogen-bond acceptors (Lipinski definition) is 6. The van der Waals surface area contributed by atoms with Crippen LogP contribution in [0, 0.1) is 17.7 Å². The van der Waals surface area contributed by atoms with Crippen LogP contribution in [0.3, 0.4) is 0 Å². The molecule has 0 radical (unpaired) electrons. The van der Waals surface area contributed by atoms with Gasteiger partial charge in [0.2, 0.25) is 17.6 Å². The first-order chi connectivity index (χ1) is 18.0. The Morgan fingerprint density at radius 1 is 0.973 bits per heavy atom. The second-order valence-electron chi connectivity index (χ2n) is 10.6. The van der Waals surface area contributed by atoms with Gasteiger partial charge in [-0.15, -0.1) is 0 Å². The Morgan fingerprint density at radius 3 is 2.43 bits per heavy atom. The normalized spacial score (nSPS) is 19.7. The lowest BCUT2D eigenvalue weighted by atomic mass is 9.96. The number of benzene rings is 2. The number of carbonyl (C=O) groups excluding carboxylic acids is 1. The van der Waals surface area contributed by atoms with E-state index in [1.165, 1.54) is 43.6 Å². The molecule has 3 heterocycles. The Bertz CT molecular complexity index is 1160. The number of amides is 1. The van der Waals surface area contributed by atoms with Crippen molar-refractivity contribution < 1.29 is 13.7 Å². The van der Waals surface area contributed by atoms with Gasteiger partial charge in [-0.2, -0.15) is 4.98 Å². The molecule has 1 unspecified atom stereocenters. The average molecular weight is 506 g/mol. The minimum Gasteiger partial charge on any atom is -0.352 e.